The highest BCUT2D eigenvalue weighted by Gasteiger charge is 2.31. The fourth-order valence-corrected chi connectivity index (χ4v) is 3.99. The second-order valence-corrected chi connectivity index (χ2v) is 7.18. The minimum Gasteiger partial charge on any atom is -0.389 e. The van der Waals surface area contributed by atoms with Gasteiger partial charge in [0.25, 0.3) is 5.91 Å². The van der Waals surface area contributed by atoms with E-state index in [-0.39, 0.29) is 17.6 Å². The van der Waals surface area contributed by atoms with Gasteiger partial charge in [-0.05, 0) is 25.5 Å². The van der Waals surface area contributed by atoms with E-state index in [0.29, 0.717) is 18.7 Å². The van der Waals surface area contributed by atoms with Gasteiger partial charge in [0.15, 0.2) is 10.8 Å². The van der Waals surface area contributed by atoms with E-state index in [1.54, 1.807) is 24.3 Å². The average Bonchev–Trinajstić information content (AvgIpc) is 3.22. The zero-order valence-corrected chi connectivity index (χ0v) is 14.5. The fourth-order valence-electron chi connectivity index (χ4n) is 2.98. The Morgan fingerprint density at radius 2 is 2.28 bits per heavy atom. The van der Waals surface area contributed by atoms with E-state index in [1.807, 2.05) is 24.3 Å². The summed E-state index contributed by atoms with van der Waals surface area (Å²) >= 11 is 1.61. The lowest BCUT2D eigenvalue weighted by Crippen LogP contribution is -2.54. The van der Waals surface area contributed by atoms with Crippen molar-refractivity contribution in [2.45, 2.75) is 25.5 Å². The number of piperidine rings is 1. The summed E-state index contributed by atoms with van der Waals surface area (Å²) in [5.41, 5.74) is 1.20. The zero-order valence-electron chi connectivity index (χ0n) is 13.7. The first-order chi connectivity index (χ1) is 12.1. The van der Waals surface area contributed by atoms with Crippen molar-refractivity contribution in [3.63, 3.8) is 0 Å². The number of fused-ring (bicyclic) bond motifs is 1. The smallest absolute Gasteiger partial charge is 0.273 e. The minimum absolute atomic E-state index is 0.235. The maximum atomic E-state index is 12.2. The molecule has 0 radical (unpaired) electrons. The molecule has 0 unspecified atom stereocenters. The van der Waals surface area contributed by atoms with E-state index in [2.05, 4.69) is 20.4 Å². The number of hydrogen-bond donors (Lipinski definition) is 2. The summed E-state index contributed by atoms with van der Waals surface area (Å²) in [6.07, 6.45) is -0.0302. The third-order valence-electron chi connectivity index (χ3n) is 4.31. The molecule has 1 aliphatic heterocycles. The molecule has 4 rings (SSSR count). The van der Waals surface area contributed by atoms with Crippen molar-refractivity contribution in [1.29, 1.82) is 0 Å². The van der Waals surface area contributed by atoms with Crippen LogP contribution in [0.3, 0.4) is 0 Å². The highest BCUT2D eigenvalue weighted by Crippen LogP contribution is 2.30. The van der Waals surface area contributed by atoms with Gasteiger partial charge in [-0.25, -0.2) is 4.98 Å². The number of nitrogens with zero attached hydrogens (tertiary/aromatic N) is 3. The van der Waals surface area contributed by atoms with Gasteiger partial charge < -0.3 is 19.8 Å². The molecule has 8 heteroatoms. The summed E-state index contributed by atoms with van der Waals surface area (Å²) in [5, 5.41) is 17.9. The number of amides is 1. The lowest BCUT2D eigenvalue weighted by atomic mass is 10.0. The molecule has 3 heterocycles. The van der Waals surface area contributed by atoms with Gasteiger partial charge >= 0.3 is 0 Å². The Morgan fingerprint density at radius 3 is 3.00 bits per heavy atom. The molecule has 3 aromatic rings. The summed E-state index contributed by atoms with van der Waals surface area (Å²) in [7, 11) is 0. The van der Waals surface area contributed by atoms with Crippen LogP contribution >= 0.6 is 11.3 Å². The van der Waals surface area contributed by atoms with Crippen LogP contribution in [0.25, 0.3) is 10.2 Å². The molecule has 7 nitrogen and oxygen atoms in total. The van der Waals surface area contributed by atoms with Crippen molar-refractivity contribution in [1.82, 2.24) is 15.5 Å². The number of thiazole rings is 1. The molecule has 130 valence electrons. The molecule has 1 fully saturated rings. The van der Waals surface area contributed by atoms with Gasteiger partial charge in [-0.3, -0.25) is 4.79 Å². The number of aliphatic hydroxyl groups excluding tert-OH is 1. The minimum atomic E-state index is -0.669. The van der Waals surface area contributed by atoms with E-state index in [1.165, 1.54) is 0 Å². The molecule has 0 saturated carbocycles. The number of rotatable bonds is 3. The van der Waals surface area contributed by atoms with Gasteiger partial charge in [-0.15, -0.1) is 0 Å². The normalized spacial score (nSPS) is 20.8. The van der Waals surface area contributed by atoms with Crippen LogP contribution in [0.1, 0.15) is 22.7 Å². The average molecular weight is 358 g/mol. The first-order valence-corrected chi connectivity index (χ1v) is 8.94. The number of para-hydroxylation sites is 1. The maximum Gasteiger partial charge on any atom is 0.273 e. The maximum absolute atomic E-state index is 12.2. The van der Waals surface area contributed by atoms with Crippen LogP contribution in [0, 0.1) is 6.92 Å². The predicted molar refractivity (Wildman–Crippen MR) is 95.0 cm³/mol. The molecule has 0 spiro atoms. The van der Waals surface area contributed by atoms with Gasteiger partial charge in [0, 0.05) is 19.2 Å². The molecule has 2 aromatic heterocycles. The summed E-state index contributed by atoms with van der Waals surface area (Å²) in [4.78, 5) is 18.9. The number of carbonyl (C=O) groups is 1. The number of anilines is 1. The third kappa shape index (κ3) is 3.22. The highest BCUT2D eigenvalue weighted by atomic mass is 32.1. The molecule has 0 aliphatic carbocycles. The van der Waals surface area contributed by atoms with E-state index < -0.39 is 6.10 Å². The molecule has 2 atom stereocenters. The van der Waals surface area contributed by atoms with Gasteiger partial charge in [-0.1, -0.05) is 28.6 Å². The first-order valence-electron chi connectivity index (χ1n) is 8.13. The van der Waals surface area contributed by atoms with Crippen LogP contribution in [0.2, 0.25) is 0 Å². The summed E-state index contributed by atoms with van der Waals surface area (Å²) < 4.78 is 6.05. The van der Waals surface area contributed by atoms with Crippen molar-refractivity contribution >= 4 is 32.6 Å². The molecule has 1 saturated heterocycles. The van der Waals surface area contributed by atoms with Crippen LogP contribution in [-0.2, 0) is 0 Å². The predicted octanol–water partition coefficient (Wildman–Crippen LogP) is 1.96. The molecule has 25 heavy (non-hydrogen) atoms. The molecule has 1 aliphatic rings. The van der Waals surface area contributed by atoms with Crippen LogP contribution in [0.4, 0.5) is 5.13 Å². The number of hydrogen-bond acceptors (Lipinski definition) is 7. The molecule has 2 N–H and O–H groups in total. The first kappa shape index (κ1) is 16.0. The number of carbonyl (C=O) groups excluding carboxylic acids is 1. The van der Waals surface area contributed by atoms with Crippen molar-refractivity contribution in [3.8, 4) is 0 Å². The number of aromatic nitrogens is 2. The number of β-amino-alcohol motifs (C(OH)–C–C–N with tert-alkyl or cyclic N) is 1. The van der Waals surface area contributed by atoms with Crippen molar-refractivity contribution in [3.05, 3.63) is 41.8 Å². The Bertz CT molecular complexity index is 873. The van der Waals surface area contributed by atoms with Crippen molar-refractivity contribution in [2.75, 3.05) is 18.0 Å². The van der Waals surface area contributed by atoms with Crippen LogP contribution in [0.15, 0.2) is 34.9 Å². The molecule has 0 bridgehead atoms. The molecular formula is C17H18N4O3S. The zero-order chi connectivity index (χ0) is 17.4. The van der Waals surface area contributed by atoms with Gasteiger partial charge in [-0.2, -0.15) is 0 Å². The Morgan fingerprint density at radius 1 is 1.44 bits per heavy atom. The Balaban J connectivity index is 1.42. The largest absolute Gasteiger partial charge is 0.389 e. The van der Waals surface area contributed by atoms with E-state index in [4.69, 9.17) is 4.52 Å². The summed E-state index contributed by atoms with van der Waals surface area (Å²) in [6.45, 7) is 2.89. The van der Waals surface area contributed by atoms with Crippen LogP contribution < -0.4 is 10.2 Å². The third-order valence-corrected chi connectivity index (χ3v) is 5.41. The van der Waals surface area contributed by atoms with Crippen molar-refractivity contribution in [2.24, 2.45) is 0 Å². The van der Waals surface area contributed by atoms with Crippen LogP contribution in [-0.4, -0.2) is 46.4 Å². The standard InChI is InChI=1S/C17H18N4O3S/c1-10-8-13(20-24-10)16(23)18-11-6-7-21(9-14(11)22)17-19-12-4-2-3-5-15(12)25-17/h2-5,8,11,14,22H,6-7,9H2,1H3,(H,18,23)/t11-,14-/m1/s1. The van der Waals surface area contributed by atoms with Crippen molar-refractivity contribution < 1.29 is 14.4 Å². The molecule has 1 amide bonds. The second-order valence-electron chi connectivity index (χ2n) is 6.17. The van der Waals surface area contributed by atoms with Gasteiger partial charge in [0.2, 0.25) is 0 Å². The Labute approximate surface area is 148 Å². The summed E-state index contributed by atoms with van der Waals surface area (Å²) in [5.74, 6) is 0.255. The number of nitrogens with one attached hydrogen (secondary N) is 1. The Kier molecular flexibility index (Phi) is 4.14. The van der Waals surface area contributed by atoms with E-state index >= 15 is 0 Å². The monoisotopic (exact) mass is 358 g/mol. The number of benzene rings is 1. The lowest BCUT2D eigenvalue weighted by Gasteiger charge is -2.35. The topological polar surface area (TPSA) is 91.5 Å². The number of aryl methyl sites for hydroxylation is 1. The van der Waals surface area contributed by atoms with Gasteiger partial charge in [0.1, 0.15) is 5.76 Å². The quantitative estimate of drug-likeness (QED) is 0.744. The van der Waals surface area contributed by atoms with Gasteiger partial charge in [0.05, 0.1) is 22.4 Å². The SMILES string of the molecule is Cc1cc(C(=O)N[C@@H]2CCN(c3nc4ccccc4s3)C[C@H]2O)no1. The second kappa shape index (κ2) is 6.45. The lowest BCUT2D eigenvalue weighted by molar-refractivity contribution is 0.0790. The highest BCUT2D eigenvalue weighted by molar-refractivity contribution is 7.22. The van der Waals surface area contributed by atoms with E-state index in [9.17, 15) is 9.90 Å². The molecular weight excluding hydrogens is 340 g/mol. The fraction of sp³-hybridized carbons (Fsp3) is 0.353. The molecule has 1 aromatic carbocycles. The Hall–Kier alpha value is -2.45. The summed E-state index contributed by atoms with van der Waals surface area (Å²) in [6, 6.07) is 9.26. The number of aliphatic hydroxyl groups is 1. The van der Waals surface area contributed by atoms with E-state index in [0.717, 1.165) is 21.9 Å². The van der Waals surface area contributed by atoms with Crippen LogP contribution in [0.5, 0.6) is 0 Å².